The van der Waals surface area contributed by atoms with Gasteiger partial charge in [-0.1, -0.05) is 11.8 Å². The molecule has 0 spiro atoms. The van der Waals surface area contributed by atoms with Gasteiger partial charge in [-0.25, -0.2) is 4.99 Å². The van der Waals surface area contributed by atoms with Gasteiger partial charge < -0.3 is 4.42 Å². The number of hydrogen-bond acceptors (Lipinski definition) is 3. The van der Waals surface area contributed by atoms with E-state index >= 15 is 0 Å². The number of Topliss-reactive ketones (excluding diaryl/α,β-unsaturated/α-hetero) is 1. The zero-order valence-corrected chi connectivity index (χ0v) is 8.48. The van der Waals surface area contributed by atoms with Gasteiger partial charge in [0.25, 0.3) is 0 Å². The fraction of sp³-hybridized carbons (Fsp3) is 0.333. The van der Waals surface area contributed by atoms with Gasteiger partial charge in [-0.2, -0.15) is 0 Å². The average Bonchev–Trinajstić information content (AvgIpc) is 2.52. The summed E-state index contributed by atoms with van der Waals surface area (Å²) in [6.07, 6.45) is 0. The Hall–Kier alpha value is -1.03. The van der Waals surface area contributed by atoms with Gasteiger partial charge in [0.2, 0.25) is 5.78 Å². The Labute approximate surface area is 81.2 Å². The first kappa shape index (κ1) is 10.1. The third kappa shape index (κ3) is 3.06. The van der Waals surface area contributed by atoms with Gasteiger partial charge in [0, 0.05) is 0 Å². The highest BCUT2D eigenvalue weighted by molar-refractivity contribution is 8.12. The Kier molecular flexibility index (Phi) is 3.76. The second-order valence-corrected chi connectivity index (χ2v) is 3.41. The summed E-state index contributed by atoms with van der Waals surface area (Å²) >= 11 is 1.42. The normalized spacial score (nSPS) is 10.9. The first-order valence-electron chi connectivity index (χ1n) is 3.94. The number of carbonyl (C=O) groups excluding carboxylic acids is 1. The van der Waals surface area contributed by atoms with Gasteiger partial charge in [0.1, 0.15) is 12.8 Å². The molecule has 1 aromatic heterocycles. The topological polar surface area (TPSA) is 44.2 Å². The molecule has 1 aromatic rings. The molecule has 0 bridgehead atoms. The van der Waals surface area contributed by atoms with E-state index in [0.717, 1.165) is 5.76 Å². The lowest BCUT2D eigenvalue weighted by Crippen LogP contribution is -2.62. The van der Waals surface area contributed by atoms with Crippen LogP contribution in [-0.4, -0.2) is 24.1 Å². The Morgan fingerprint density at radius 3 is 3.00 bits per heavy atom. The average molecular weight is 198 g/mol. The molecule has 1 N–H and O–H groups in total. The van der Waals surface area contributed by atoms with Gasteiger partial charge >= 0.3 is 0 Å². The van der Waals surface area contributed by atoms with Crippen LogP contribution in [0.4, 0.5) is 0 Å². The second kappa shape index (κ2) is 4.87. The standard InChI is InChI=1S/C9H11NO2S/c1-7-3-4-9(12-7)8(11)5-13-6-10-2/h3-4,6H,5H2,1-2H3/p+1. The number of aryl methyl sites for hydroxylation is 1. The van der Waals surface area contributed by atoms with E-state index in [4.69, 9.17) is 4.42 Å². The maximum Gasteiger partial charge on any atom is 0.208 e. The number of nitrogens with one attached hydrogen (secondary N) is 1. The zero-order chi connectivity index (χ0) is 9.68. The summed E-state index contributed by atoms with van der Waals surface area (Å²) in [7, 11) is 1.80. The number of carbonyl (C=O) groups is 1. The fourth-order valence-electron chi connectivity index (χ4n) is 0.856. The number of furan rings is 1. The van der Waals surface area contributed by atoms with E-state index < -0.39 is 0 Å². The molecule has 0 aliphatic carbocycles. The SMILES string of the molecule is C[NH+]=CSCC(=O)c1ccc(C)o1. The molecular weight excluding hydrogens is 186 g/mol. The van der Waals surface area contributed by atoms with Crippen molar-refractivity contribution in [1.29, 1.82) is 0 Å². The Bertz CT molecular complexity index is 317. The summed E-state index contributed by atoms with van der Waals surface area (Å²) < 4.78 is 5.18. The van der Waals surface area contributed by atoms with Gasteiger partial charge in [-0.3, -0.25) is 4.79 Å². The van der Waals surface area contributed by atoms with Crippen LogP contribution < -0.4 is 4.99 Å². The van der Waals surface area contributed by atoms with Crippen molar-refractivity contribution in [2.75, 3.05) is 12.8 Å². The minimum absolute atomic E-state index is 0.0181. The summed E-state index contributed by atoms with van der Waals surface area (Å²) in [6.45, 7) is 1.82. The number of ketones is 1. The number of rotatable bonds is 4. The third-order valence-corrected chi connectivity index (χ3v) is 2.26. The van der Waals surface area contributed by atoms with E-state index in [1.165, 1.54) is 11.8 Å². The highest BCUT2D eigenvalue weighted by Gasteiger charge is 2.09. The van der Waals surface area contributed by atoms with E-state index in [0.29, 0.717) is 11.5 Å². The van der Waals surface area contributed by atoms with Crippen LogP contribution in [0.15, 0.2) is 16.5 Å². The van der Waals surface area contributed by atoms with E-state index in [2.05, 4.69) is 4.99 Å². The maximum absolute atomic E-state index is 11.4. The quantitative estimate of drug-likeness (QED) is 0.428. The highest BCUT2D eigenvalue weighted by atomic mass is 32.2. The summed E-state index contributed by atoms with van der Waals surface area (Å²) in [5.74, 6) is 1.64. The minimum Gasteiger partial charge on any atom is -0.458 e. The number of thioether (sulfide) groups is 1. The molecule has 0 aliphatic rings. The number of hydrogen-bond donors (Lipinski definition) is 1. The molecule has 4 heteroatoms. The lowest BCUT2D eigenvalue weighted by Gasteiger charge is -1.90. The zero-order valence-electron chi connectivity index (χ0n) is 7.66. The summed E-state index contributed by atoms with van der Waals surface area (Å²) in [4.78, 5) is 14.2. The van der Waals surface area contributed by atoms with Crippen molar-refractivity contribution >= 4 is 23.1 Å². The van der Waals surface area contributed by atoms with Crippen LogP contribution in [0.25, 0.3) is 0 Å². The Morgan fingerprint density at radius 2 is 2.46 bits per heavy atom. The van der Waals surface area contributed by atoms with Crippen molar-refractivity contribution in [2.45, 2.75) is 6.92 Å². The van der Waals surface area contributed by atoms with E-state index in [1.54, 1.807) is 24.7 Å². The third-order valence-electron chi connectivity index (χ3n) is 1.43. The molecule has 0 atom stereocenters. The fourth-order valence-corrected chi connectivity index (χ4v) is 1.40. The van der Waals surface area contributed by atoms with Crippen molar-refractivity contribution < 1.29 is 14.2 Å². The molecule has 0 saturated carbocycles. The summed E-state index contributed by atoms with van der Waals surface area (Å²) in [6, 6.07) is 3.50. The first-order valence-corrected chi connectivity index (χ1v) is 4.99. The molecule has 70 valence electrons. The molecule has 0 radical (unpaired) electrons. The van der Waals surface area contributed by atoms with Crippen molar-refractivity contribution in [3.8, 4) is 0 Å². The van der Waals surface area contributed by atoms with Crippen molar-refractivity contribution in [1.82, 2.24) is 0 Å². The van der Waals surface area contributed by atoms with Crippen molar-refractivity contribution in [3.05, 3.63) is 23.7 Å². The van der Waals surface area contributed by atoms with Crippen LogP contribution in [0.5, 0.6) is 0 Å². The highest BCUT2D eigenvalue weighted by Crippen LogP contribution is 2.09. The predicted octanol–water partition coefficient (Wildman–Crippen LogP) is 0.243. The van der Waals surface area contributed by atoms with Crippen LogP contribution >= 0.6 is 11.8 Å². The molecule has 13 heavy (non-hydrogen) atoms. The van der Waals surface area contributed by atoms with Crippen LogP contribution in [0.2, 0.25) is 0 Å². The molecule has 1 heterocycles. The Morgan fingerprint density at radius 1 is 1.69 bits per heavy atom. The molecule has 0 unspecified atom stereocenters. The van der Waals surface area contributed by atoms with E-state index in [1.807, 2.05) is 6.92 Å². The van der Waals surface area contributed by atoms with Gasteiger partial charge in [0.05, 0.1) is 5.75 Å². The minimum atomic E-state index is 0.0181. The molecule has 0 aromatic carbocycles. The summed E-state index contributed by atoms with van der Waals surface area (Å²) in [5.41, 5.74) is 1.77. The summed E-state index contributed by atoms with van der Waals surface area (Å²) in [5, 5.41) is 0. The lowest BCUT2D eigenvalue weighted by molar-refractivity contribution is -0.411. The molecule has 1 rings (SSSR count). The van der Waals surface area contributed by atoms with E-state index in [-0.39, 0.29) is 5.78 Å². The largest absolute Gasteiger partial charge is 0.458 e. The van der Waals surface area contributed by atoms with Crippen LogP contribution in [0.1, 0.15) is 16.3 Å². The van der Waals surface area contributed by atoms with Crippen molar-refractivity contribution in [2.24, 2.45) is 0 Å². The van der Waals surface area contributed by atoms with Gasteiger partial charge in [0.15, 0.2) is 11.3 Å². The molecule has 0 fully saturated rings. The van der Waals surface area contributed by atoms with Crippen LogP contribution in [0, 0.1) is 6.92 Å². The molecule has 3 nitrogen and oxygen atoms in total. The van der Waals surface area contributed by atoms with Gasteiger partial charge in [-0.15, -0.1) is 0 Å². The molecule has 0 amide bonds. The van der Waals surface area contributed by atoms with Crippen LogP contribution in [0.3, 0.4) is 0 Å². The van der Waals surface area contributed by atoms with Gasteiger partial charge in [-0.05, 0) is 19.1 Å². The lowest BCUT2D eigenvalue weighted by atomic mass is 10.3. The smallest absolute Gasteiger partial charge is 0.208 e. The first-order chi connectivity index (χ1) is 6.24. The van der Waals surface area contributed by atoms with Crippen LogP contribution in [-0.2, 0) is 0 Å². The molecule has 0 aliphatic heterocycles. The molecular formula is C9H12NO2S+. The predicted molar refractivity (Wildman–Crippen MR) is 53.2 cm³/mol. The Balaban J connectivity index is 2.49. The van der Waals surface area contributed by atoms with Crippen molar-refractivity contribution in [3.63, 3.8) is 0 Å². The maximum atomic E-state index is 11.4. The van der Waals surface area contributed by atoms with E-state index in [9.17, 15) is 4.79 Å². The second-order valence-electron chi connectivity index (χ2n) is 2.55. The molecule has 0 saturated heterocycles. The monoisotopic (exact) mass is 198 g/mol.